The molecule has 5 nitrogen and oxygen atoms in total. The van der Waals surface area contributed by atoms with Gasteiger partial charge in [0.15, 0.2) is 0 Å². The van der Waals surface area contributed by atoms with E-state index in [-0.39, 0.29) is 18.0 Å². The minimum Gasteiger partial charge on any atom is -0.336 e. The lowest BCUT2D eigenvalue weighted by Gasteiger charge is -2.18. The van der Waals surface area contributed by atoms with Gasteiger partial charge in [-0.05, 0) is 30.5 Å². The smallest absolute Gasteiger partial charge is 0.319 e. The zero-order valence-electron chi connectivity index (χ0n) is 14.6. The third-order valence-electron chi connectivity index (χ3n) is 4.49. The van der Waals surface area contributed by atoms with E-state index < -0.39 is 0 Å². The van der Waals surface area contributed by atoms with Crippen molar-refractivity contribution in [2.24, 2.45) is 0 Å². The van der Waals surface area contributed by atoms with Crippen LogP contribution in [0.4, 0.5) is 10.5 Å². The monoisotopic (exact) mass is 337 g/mol. The van der Waals surface area contributed by atoms with Gasteiger partial charge in [-0.25, -0.2) is 4.79 Å². The van der Waals surface area contributed by atoms with E-state index in [1.54, 1.807) is 4.90 Å². The lowest BCUT2D eigenvalue weighted by Crippen LogP contribution is -2.39. The third-order valence-corrected chi connectivity index (χ3v) is 4.49. The Kier molecular flexibility index (Phi) is 5.03. The molecule has 1 aliphatic rings. The van der Waals surface area contributed by atoms with Gasteiger partial charge in [0.2, 0.25) is 5.91 Å². The molecule has 2 aromatic carbocycles. The molecule has 5 heteroatoms. The van der Waals surface area contributed by atoms with Crippen LogP contribution in [0.3, 0.4) is 0 Å². The number of likely N-dealkylation sites (tertiary alicyclic amines) is 1. The Bertz CT molecular complexity index is 754. The van der Waals surface area contributed by atoms with Crippen LogP contribution in [0.1, 0.15) is 23.1 Å². The first kappa shape index (κ1) is 17.0. The van der Waals surface area contributed by atoms with Gasteiger partial charge in [-0.15, -0.1) is 0 Å². The van der Waals surface area contributed by atoms with Gasteiger partial charge in [0.1, 0.15) is 0 Å². The van der Waals surface area contributed by atoms with Gasteiger partial charge >= 0.3 is 6.03 Å². The number of urea groups is 1. The number of hydrogen-bond donors (Lipinski definition) is 2. The maximum Gasteiger partial charge on any atom is 0.319 e. The molecule has 0 radical (unpaired) electrons. The molecule has 3 amide bonds. The molecule has 1 saturated heterocycles. The number of amides is 3. The molecule has 1 fully saturated rings. The highest BCUT2D eigenvalue weighted by Gasteiger charge is 2.30. The summed E-state index contributed by atoms with van der Waals surface area (Å²) in [6, 6.07) is 15.3. The van der Waals surface area contributed by atoms with Crippen molar-refractivity contribution in [2.75, 3.05) is 11.9 Å². The summed E-state index contributed by atoms with van der Waals surface area (Å²) in [5.74, 6) is 0.0706. The van der Waals surface area contributed by atoms with Crippen LogP contribution in [0.15, 0.2) is 48.5 Å². The van der Waals surface area contributed by atoms with E-state index in [0.29, 0.717) is 19.5 Å². The van der Waals surface area contributed by atoms with Gasteiger partial charge in [0.25, 0.3) is 0 Å². The van der Waals surface area contributed by atoms with Gasteiger partial charge in [-0.2, -0.15) is 0 Å². The maximum absolute atomic E-state index is 12.3. The quantitative estimate of drug-likeness (QED) is 0.900. The number of carbonyl (C=O) groups excluding carboxylic acids is 2. The Labute approximate surface area is 148 Å². The zero-order chi connectivity index (χ0) is 17.8. The van der Waals surface area contributed by atoms with E-state index >= 15 is 0 Å². The van der Waals surface area contributed by atoms with Gasteiger partial charge < -0.3 is 15.5 Å². The normalized spacial score (nSPS) is 16.8. The maximum atomic E-state index is 12.3. The fraction of sp³-hybridized carbons (Fsp3) is 0.300. The number of carbonyl (C=O) groups is 2. The summed E-state index contributed by atoms with van der Waals surface area (Å²) >= 11 is 0. The molecule has 25 heavy (non-hydrogen) atoms. The Hall–Kier alpha value is -2.82. The zero-order valence-corrected chi connectivity index (χ0v) is 14.6. The first-order chi connectivity index (χ1) is 12.0. The average Bonchev–Trinajstić information content (AvgIpc) is 2.91. The number of nitrogens with zero attached hydrogens (tertiary/aromatic N) is 1. The molecule has 1 heterocycles. The van der Waals surface area contributed by atoms with Crippen LogP contribution < -0.4 is 10.6 Å². The van der Waals surface area contributed by atoms with E-state index in [1.165, 1.54) is 0 Å². The summed E-state index contributed by atoms with van der Waals surface area (Å²) in [5.41, 5.74) is 3.95. The van der Waals surface area contributed by atoms with Crippen LogP contribution in [0.25, 0.3) is 0 Å². The van der Waals surface area contributed by atoms with Crippen molar-refractivity contribution in [3.05, 3.63) is 65.2 Å². The van der Waals surface area contributed by atoms with Gasteiger partial charge in [0.05, 0.1) is 6.04 Å². The predicted molar refractivity (Wildman–Crippen MR) is 98.3 cm³/mol. The van der Waals surface area contributed by atoms with Crippen molar-refractivity contribution >= 4 is 17.6 Å². The van der Waals surface area contributed by atoms with E-state index in [4.69, 9.17) is 0 Å². The van der Waals surface area contributed by atoms with Crippen molar-refractivity contribution in [1.29, 1.82) is 0 Å². The Morgan fingerprint density at radius 2 is 1.76 bits per heavy atom. The highest BCUT2D eigenvalue weighted by Crippen LogP contribution is 2.20. The minimum atomic E-state index is -0.267. The Balaban J connectivity index is 1.57. The lowest BCUT2D eigenvalue weighted by molar-refractivity contribution is -0.128. The molecule has 0 saturated carbocycles. The molecule has 130 valence electrons. The van der Waals surface area contributed by atoms with Crippen molar-refractivity contribution in [3.63, 3.8) is 0 Å². The predicted octanol–water partition coefficient (Wildman–Crippen LogP) is 3.23. The van der Waals surface area contributed by atoms with Crippen LogP contribution in [-0.4, -0.2) is 29.4 Å². The number of benzene rings is 2. The number of anilines is 1. The molecular formula is C20H23N3O2. The summed E-state index contributed by atoms with van der Waals surface area (Å²) in [7, 11) is 0. The summed E-state index contributed by atoms with van der Waals surface area (Å²) in [4.78, 5) is 26.3. The number of nitrogens with one attached hydrogen (secondary N) is 2. The molecule has 1 unspecified atom stereocenters. The second-order valence-corrected chi connectivity index (χ2v) is 6.53. The van der Waals surface area contributed by atoms with Gasteiger partial charge in [-0.3, -0.25) is 4.79 Å². The topological polar surface area (TPSA) is 61.4 Å². The van der Waals surface area contributed by atoms with Crippen LogP contribution in [-0.2, 0) is 11.3 Å². The minimum absolute atomic E-state index is 0.0706. The molecule has 0 spiro atoms. The highest BCUT2D eigenvalue weighted by molar-refractivity contribution is 5.92. The molecule has 2 aromatic rings. The highest BCUT2D eigenvalue weighted by atomic mass is 16.2. The van der Waals surface area contributed by atoms with Crippen LogP contribution in [0.5, 0.6) is 0 Å². The number of para-hydroxylation sites is 1. The van der Waals surface area contributed by atoms with Crippen LogP contribution in [0, 0.1) is 13.8 Å². The molecule has 0 bridgehead atoms. The SMILES string of the molecule is Cc1cccc(C)c1NC(=O)NC1CC(=O)N(Cc2ccccc2)C1. The Morgan fingerprint density at radius 3 is 2.44 bits per heavy atom. The molecule has 1 aliphatic heterocycles. The molecule has 3 rings (SSSR count). The molecule has 2 N–H and O–H groups in total. The lowest BCUT2D eigenvalue weighted by atomic mass is 10.1. The first-order valence-electron chi connectivity index (χ1n) is 8.48. The largest absolute Gasteiger partial charge is 0.336 e. The van der Waals surface area contributed by atoms with E-state index in [2.05, 4.69) is 10.6 Å². The van der Waals surface area contributed by atoms with E-state index in [1.807, 2.05) is 62.4 Å². The van der Waals surface area contributed by atoms with Gasteiger partial charge in [-0.1, -0.05) is 48.5 Å². The number of aryl methyl sites for hydroxylation is 2. The third kappa shape index (κ3) is 4.18. The van der Waals surface area contributed by atoms with Crippen molar-refractivity contribution in [1.82, 2.24) is 10.2 Å². The molecule has 0 aromatic heterocycles. The molecule has 1 atom stereocenters. The summed E-state index contributed by atoms with van der Waals surface area (Å²) in [5, 5.41) is 5.82. The summed E-state index contributed by atoms with van der Waals surface area (Å²) in [6.07, 6.45) is 0.340. The molecule has 0 aliphatic carbocycles. The van der Waals surface area contributed by atoms with Crippen molar-refractivity contribution in [2.45, 2.75) is 32.9 Å². The second kappa shape index (κ2) is 7.38. The summed E-state index contributed by atoms with van der Waals surface area (Å²) in [6.45, 7) is 5.04. The van der Waals surface area contributed by atoms with Crippen LogP contribution >= 0.6 is 0 Å². The van der Waals surface area contributed by atoms with Crippen LogP contribution in [0.2, 0.25) is 0 Å². The molecular weight excluding hydrogens is 314 g/mol. The van der Waals surface area contributed by atoms with E-state index in [0.717, 1.165) is 22.4 Å². The van der Waals surface area contributed by atoms with Crippen molar-refractivity contribution in [3.8, 4) is 0 Å². The van der Waals surface area contributed by atoms with Gasteiger partial charge in [0, 0.05) is 25.2 Å². The fourth-order valence-electron chi connectivity index (χ4n) is 3.17. The fourth-order valence-corrected chi connectivity index (χ4v) is 3.17. The Morgan fingerprint density at radius 1 is 1.08 bits per heavy atom. The average molecular weight is 337 g/mol. The summed E-state index contributed by atoms with van der Waals surface area (Å²) < 4.78 is 0. The van der Waals surface area contributed by atoms with E-state index in [9.17, 15) is 9.59 Å². The first-order valence-corrected chi connectivity index (χ1v) is 8.48. The second-order valence-electron chi connectivity index (χ2n) is 6.53. The number of rotatable bonds is 4. The standard InChI is InChI=1S/C20H23N3O2/c1-14-7-6-8-15(2)19(14)22-20(25)21-17-11-18(24)23(13-17)12-16-9-4-3-5-10-16/h3-10,17H,11-13H2,1-2H3,(H2,21,22,25). The number of hydrogen-bond acceptors (Lipinski definition) is 2. The van der Waals surface area contributed by atoms with Crippen molar-refractivity contribution < 1.29 is 9.59 Å².